The lowest BCUT2D eigenvalue weighted by Crippen LogP contribution is -2.54. The van der Waals surface area contributed by atoms with Gasteiger partial charge in [-0.05, 0) is 68.6 Å². The number of hydrogen-bond donors (Lipinski definition) is 2. The molecular formula is C23H34N6OS. The Bertz CT molecular complexity index is 827. The van der Waals surface area contributed by atoms with E-state index in [9.17, 15) is 4.79 Å². The summed E-state index contributed by atoms with van der Waals surface area (Å²) in [6.45, 7) is 4.83. The number of rotatable bonds is 2. The van der Waals surface area contributed by atoms with Gasteiger partial charge in [0.15, 0.2) is 5.17 Å². The molecule has 7 nitrogen and oxygen atoms in total. The van der Waals surface area contributed by atoms with Crippen LogP contribution in [0.15, 0.2) is 24.3 Å². The Morgan fingerprint density at radius 2 is 1.74 bits per heavy atom. The van der Waals surface area contributed by atoms with Gasteiger partial charge in [-0.15, -0.1) is 0 Å². The fraction of sp³-hybridized carbons (Fsp3) is 0.609. The highest BCUT2D eigenvalue weighted by Gasteiger charge is 2.43. The third-order valence-corrected chi connectivity index (χ3v) is 7.99. The Morgan fingerprint density at radius 3 is 2.39 bits per heavy atom. The van der Waals surface area contributed by atoms with Crippen molar-refractivity contribution < 1.29 is 4.79 Å². The molecule has 0 saturated carbocycles. The highest BCUT2D eigenvalue weighted by molar-refractivity contribution is 8.24. The smallest absolute Gasteiger partial charge is 0.323 e. The molecular weight excluding hydrogens is 408 g/mol. The van der Waals surface area contributed by atoms with Crippen LogP contribution in [0.3, 0.4) is 0 Å². The number of piperidine rings is 2. The summed E-state index contributed by atoms with van der Waals surface area (Å²) < 4.78 is 0. The largest absolute Gasteiger partial charge is 0.351 e. The summed E-state index contributed by atoms with van der Waals surface area (Å²) in [5.74, 6) is 0. The third-order valence-electron chi connectivity index (χ3n) is 7.39. The van der Waals surface area contributed by atoms with Crippen LogP contribution in [0, 0.1) is 10.8 Å². The topological polar surface area (TPSA) is 77.7 Å². The van der Waals surface area contributed by atoms with E-state index in [2.05, 4.69) is 28.0 Å². The van der Waals surface area contributed by atoms with Crippen LogP contribution in [0.4, 0.5) is 10.5 Å². The van der Waals surface area contributed by atoms with Gasteiger partial charge in [0.25, 0.3) is 0 Å². The zero-order valence-electron chi connectivity index (χ0n) is 18.6. The summed E-state index contributed by atoms with van der Waals surface area (Å²) in [6.07, 6.45) is 5.51. The van der Waals surface area contributed by atoms with Crippen LogP contribution in [-0.2, 0) is 5.41 Å². The number of urea groups is 1. The average molecular weight is 443 g/mol. The maximum absolute atomic E-state index is 12.7. The van der Waals surface area contributed by atoms with E-state index in [1.54, 1.807) is 4.90 Å². The number of nitrogens with zero attached hydrogens (tertiary/aromatic N) is 4. The zero-order chi connectivity index (χ0) is 22.0. The molecule has 2 N–H and O–H groups in total. The fourth-order valence-corrected chi connectivity index (χ4v) is 6.02. The molecule has 3 aliphatic rings. The van der Waals surface area contributed by atoms with Gasteiger partial charge in [-0.25, -0.2) is 4.79 Å². The number of fused-ring (bicyclic) bond motifs is 2. The van der Waals surface area contributed by atoms with Crippen molar-refractivity contribution in [3.63, 3.8) is 0 Å². The maximum Gasteiger partial charge on any atom is 0.323 e. The quantitative estimate of drug-likeness (QED) is 0.541. The van der Waals surface area contributed by atoms with E-state index in [0.29, 0.717) is 11.2 Å². The van der Waals surface area contributed by atoms with Crippen LogP contribution in [0.25, 0.3) is 0 Å². The normalized spacial score (nSPS) is 21.6. The van der Waals surface area contributed by atoms with Gasteiger partial charge in [0.2, 0.25) is 0 Å². The van der Waals surface area contributed by atoms with Crippen molar-refractivity contribution in [3.05, 3.63) is 29.8 Å². The number of nitrogens with one attached hydrogen (secondary N) is 2. The predicted octanol–water partition coefficient (Wildman–Crippen LogP) is 3.65. The standard InChI is InChI=1S/C23H34N6OS/c1-26(2)22(30)29-16-11-23(19-5-3-4-6-20(19)29)9-14-27(15-10-23)18-7-12-28(13-8-18)21(25)31-17-24/h3-6,17-18,24-25H,7-16H2,1-2H3. The van der Waals surface area contributed by atoms with Gasteiger partial charge < -0.3 is 20.1 Å². The van der Waals surface area contributed by atoms with E-state index in [1.807, 2.05) is 25.1 Å². The van der Waals surface area contributed by atoms with Crippen molar-refractivity contribution in [2.75, 3.05) is 51.7 Å². The molecule has 31 heavy (non-hydrogen) atoms. The van der Waals surface area contributed by atoms with Crippen molar-refractivity contribution in [1.29, 1.82) is 10.8 Å². The van der Waals surface area contributed by atoms with Crippen LogP contribution in [0.1, 0.15) is 37.7 Å². The second-order valence-corrected chi connectivity index (χ2v) is 10.0. The molecule has 4 rings (SSSR count). The second-order valence-electron chi connectivity index (χ2n) is 9.17. The lowest BCUT2D eigenvalue weighted by atomic mass is 9.67. The molecule has 1 spiro atoms. The zero-order valence-corrected chi connectivity index (χ0v) is 19.5. The van der Waals surface area contributed by atoms with Crippen molar-refractivity contribution in [3.8, 4) is 0 Å². The predicted molar refractivity (Wildman–Crippen MR) is 129 cm³/mol. The molecule has 1 aromatic carbocycles. The number of amides is 2. The number of carbonyl (C=O) groups excluding carboxylic acids is 1. The average Bonchev–Trinajstić information content (AvgIpc) is 2.80. The van der Waals surface area contributed by atoms with E-state index in [-0.39, 0.29) is 11.4 Å². The maximum atomic E-state index is 12.7. The number of hydrogen-bond acceptors (Lipinski definition) is 5. The molecule has 1 aromatic rings. The number of amidine groups is 1. The van der Waals surface area contributed by atoms with E-state index >= 15 is 0 Å². The highest BCUT2D eigenvalue weighted by atomic mass is 32.2. The molecule has 8 heteroatoms. The molecule has 2 saturated heterocycles. The minimum atomic E-state index is 0.0678. The summed E-state index contributed by atoms with van der Waals surface area (Å²) >= 11 is 1.19. The van der Waals surface area contributed by atoms with Crippen molar-refractivity contribution in [2.24, 2.45) is 0 Å². The van der Waals surface area contributed by atoms with Crippen LogP contribution >= 0.6 is 11.8 Å². The van der Waals surface area contributed by atoms with Gasteiger partial charge in [-0.2, -0.15) is 0 Å². The molecule has 2 amide bonds. The Balaban J connectivity index is 1.41. The van der Waals surface area contributed by atoms with Crippen LogP contribution in [0.5, 0.6) is 0 Å². The molecule has 168 valence electrons. The summed E-state index contributed by atoms with van der Waals surface area (Å²) in [5, 5.41) is 15.8. The van der Waals surface area contributed by atoms with E-state index in [4.69, 9.17) is 10.8 Å². The molecule has 0 radical (unpaired) electrons. The van der Waals surface area contributed by atoms with Crippen molar-refractivity contribution >= 4 is 34.2 Å². The molecule has 0 atom stereocenters. The number of para-hydroxylation sites is 1. The van der Waals surface area contributed by atoms with Gasteiger partial charge in [0.05, 0.1) is 5.55 Å². The molecule has 2 fully saturated rings. The summed E-state index contributed by atoms with van der Waals surface area (Å²) in [4.78, 5) is 21.1. The Labute approximate surface area is 189 Å². The molecule has 3 aliphatic heterocycles. The summed E-state index contributed by atoms with van der Waals surface area (Å²) in [6, 6.07) is 9.18. The third kappa shape index (κ3) is 4.32. The summed E-state index contributed by atoms with van der Waals surface area (Å²) in [5.41, 5.74) is 3.87. The lowest BCUT2D eigenvalue weighted by molar-refractivity contribution is 0.0792. The number of likely N-dealkylation sites (tertiary alicyclic amines) is 2. The van der Waals surface area contributed by atoms with E-state index in [0.717, 1.165) is 70.5 Å². The number of benzene rings is 1. The second kappa shape index (κ2) is 9.20. The van der Waals surface area contributed by atoms with Crippen LogP contribution in [0.2, 0.25) is 0 Å². The highest BCUT2D eigenvalue weighted by Crippen LogP contribution is 2.47. The monoisotopic (exact) mass is 442 g/mol. The first kappa shape index (κ1) is 22.1. The fourth-order valence-electron chi connectivity index (χ4n) is 5.58. The van der Waals surface area contributed by atoms with Crippen LogP contribution < -0.4 is 4.90 Å². The molecule has 0 bridgehead atoms. The SMILES string of the molecule is CN(C)C(=O)N1CCC2(CCN(C3CCN(C(=N)SC=N)CC3)CC2)c2ccccc21. The van der Waals surface area contributed by atoms with E-state index in [1.165, 1.54) is 22.9 Å². The molecule has 3 heterocycles. The van der Waals surface area contributed by atoms with Gasteiger partial charge in [-0.3, -0.25) is 10.3 Å². The minimum Gasteiger partial charge on any atom is -0.351 e. The lowest BCUT2D eigenvalue weighted by Gasteiger charge is -2.50. The van der Waals surface area contributed by atoms with Crippen LogP contribution in [-0.4, -0.2) is 84.3 Å². The summed E-state index contributed by atoms with van der Waals surface area (Å²) in [7, 11) is 3.65. The molecule has 0 aromatic heterocycles. The van der Waals surface area contributed by atoms with E-state index < -0.39 is 0 Å². The first-order chi connectivity index (χ1) is 14.9. The molecule has 0 unspecified atom stereocenters. The Kier molecular flexibility index (Phi) is 6.57. The number of carbonyl (C=O) groups is 1. The number of anilines is 1. The first-order valence-electron chi connectivity index (χ1n) is 11.3. The first-order valence-corrected chi connectivity index (χ1v) is 12.1. The van der Waals surface area contributed by atoms with Gasteiger partial charge in [0.1, 0.15) is 0 Å². The molecule has 0 aliphatic carbocycles. The van der Waals surface area contributed by atoms with Gasteiger partial charge >= 0.3 is 6.03 Å². The Morgan fingerprint density at radius 1 is 1.10 bits per heavy atom. The van der Waals surface area contributed by atoms with Crippen molar-refractivity contribution in [2.45, 2.75) is 43.6 Å². The van der Waals surface area contributed by atoms with Gasteiger partial charge in [-0.1, -0.05) is 18.2 Å². The minimum absolute atomic E-state index is 0.0678. The number of thioether (sulfide) groups is 1. The van der Waals surface area contributed by atoms with Crippen molar-refractivity contribution in [1.82, 2.24) is 14.7 Å². The Hall–Kier alpha value is -2.06. The van der Waals surface area contributed by atoms with Gasteiger partial charge in [0, 0.05) is 50.9 Å².